The Hall–Kier alpha value is 1.55. The normalized spacial score (nSPS) is 1.50. The molecule has 0 bridgehead atoms. The van der Waals surface area contributed by atoms with Gasteiger partial charge in [-0.2, -0.15) is 6.92 Å². The molecule has 0 aliphatic carbocycles. The molecular weight excluding hydrogens is 202 g/mol. The Bertz CT molecular complexity index is 6.00. The van der Waals surface area contributed by atoms with Crippen molar-refractivity contribution in [1.82, 2.24) is 0 Å². The summed E-state index contributed by atoms with van der Waals surface area (Å²) in [6.45, 7) is 5.00. The quantitative estimate of drug-likeness (QED) is 0.407. The molecule has 0 atom stereocenters. The molecule has 0 saturated carbocycles. The van der Waals surface area contributed by atoms with Crippen LogP contribution in [0.1, 0.15) is 6.92 Å². The van der Waals surface area contributed by atoms with E-state index in [4.69, 9.17) is 0 Å². The SMILES string of the molecule is [CH2-]C.[Cd].[Zn]. The van der Waals surface area contributed by atoms with Crippen molar-refractivity contribution in [3.63, 3.8) is 0 Å². The summed E-state index contributed by atoms with van der Waals surface area (Å²) in [6.07, 6.45) is 0. The van der Waals surface area contributed by atoms with Crippen molar-refractivity contribution < 1.29 is 46.8 Å². The van der Waals surface area contributed by atoms with Gasteiger partial charge in [-0.25, -0.2) is 0 Å². The van der Waals surface area contributed by atoms with Gasteiger partial charge in [-0.05, 0) is 0 Å². The first-order chi connectivity index (χ1) is 1.00. The van der Waals surface area contributed by atoms with Gasteiger partial charge in [0.15, 0.2) is 0 Å². The monoisotopic (exact) mass is 207 g/mol. The molecule has 4 heavy (non-hydrogen) atoms. The molecule has 0 saturated heterocycles. The standard InChI is InChI=1S/C2H5.Cd.Zn/c1-2;;/h1H2,2H3;;/q-1;;. The Morgan fingerprint density at radius 3 is 1.25 bits per heavy atom. The number of hydrogen-bond acceptors (Lipinski definition) is 0. The van der Waals surface area contributed by atoms with Crippen LogP contribution in [-0.4, -0.2) is 0 Å². The van der Waals surface area contributed by atoms with Crippen molar-refractivity contribution in [2.75, 3.05) is 0 Å². The van der Waals surface area contributed by atoms with Gasteiger partial charge in [-0.3, -0.25) is 0 Å². The molecule has 2 heteroatoms. The molecule has 0 radical (unpaired) electrons. The van der Waals surface area contributed by atoms with Crippen LogP contribution >= 0.6 is 0 Å². The molecular formula is C2H5CdZn-. The fourth-order valence-corrected chi connectivity index (χ4v) is 0. The second kappa shape index (κ2) is 23.9. The van der Waals surface area contributed by atoms with Gasteiger partial charge >= 0.3 is 0 Å². The third-order valence-electron chi connectivity index (χ3n) is 0. The van der Waals surface area contributed by atoms with Crippen molar-refractivity contribution >= 4 is 0 Å². The second-order valence-electron chi connectivity index (χ2n) is 0. The molecule has 0 heterocycles. The van der Waals surface area contributed by atoms with Gasteiger partial charge in [0, 0.05) is 46.8 Å². The maximum atomic E-state index is 3.25. The Balaban J connectivity index is -0.00000000500. The van der Waals surface area contributed by atoms with Gasteiger partial charge in [-0.15, -0.1) is 0 Å². The summed E-state index contributed by atoms with van der Waals surface area (Å²) < 4.78 is 0. The minimum atomic E-state index is 0. The van der Waals surface area contributed by atoms with E-state index in [0.717, 1.165) is 0 Å². The molecule has 0 fully saturated rings. The van der Waals surface area contributed by atoms with Crippen LogP contribution in [0.2, 0.25) is 0 Å². The molecule has 0 rings (SSSR count). The van der Waals surface area contributed by atoms with Crippen LogP contribution in [0.3, 0.4) is 0 Å². The second-order valence-corrected chi connectivity index (χ2v) is 0. The van der Waals surface area contributed by atoms with Gasteiger partial charge in [-0.1, -0.05) is 0 Å². The largest absolute Gasteiger partial charge is 0.346 e. The smallest absolute Gasteiger partial charge is 0 e. The summed E-state index contributed by atoms with van der Waals surface area (Å²) >= 11 is 0. The van der Waals surface area contributed by atoms with E-state index in [1.165, 1.54) is 0 Å². The maximum Gasteiger partial charge on any atom is 0 e. The van der Waals surface area contributed by atoms with Gasteiger partial charge < -0.3 is 6.92 Å². The summed E-state index contributed by atoms with van der Waals surface area (Å²) in [5.74, 6) is 0. The van der Waals surface area contributed by atoms with E-state index < -0.39 is 0 Å². The molecule has 0 spiro atoms. The molecule has 0 unspecified atom stereocenters. The summed E-state index contributed by atoms with van der Waals surface area (Å²) in [7, 11) is 0. The molecule has 0 aromatic heterocycles. The van der Waals surface area contributed by atoms with Crippen molar-refractivity contribution in [3.05, 3.63) is 6.92 Å². The van der Waals surface area contributed by atoms with Crippen LogP contribution < -0.4 is 0 Å². The van der Waals surface area contributed by atoms with E-state index in [1.54, 1.807) is 6.92 Å². The van der Waals surface area contributed by atoms with Crippen molar-refractivity contribution in [3.8, 4) is 0 Å². The number of hydrogen-bond donors (Lipinski definition) is 0. The van der Waals surface area contributed by atoms with Crippen LogP contribution in [0, 0.1) is 6.92 Å². The minimum absolute atomic E-state index is 0. The van der Waals surface area contributed by atoms with Crippen LogP contribution in [0.15, 0.2) is 0 Å². The van der Waals surface area contributed by atoms with E-state index >= 15 is 0 Å². The Labute approximate surface area is 60.3 Å². The fraction of sp³-hybridized carbons (Fsp3) is 0.500. The Kier molecular flexibility index (Phi) is 106. The first-order valence-corrected chi connectivity index (χ1v) is 0.707. The zero-order valence-corrected chi connectivity index (χ0v) is 10.1. The Morgan fingerprint density at radius 1 is 1.25 bits per heavy atom. The fourth-order valence-electron chi connectivity index (χ4n) is 0. The zero-order chi connectivity index (χ0) is 2.00. The third-order valence-corrected chi connectivity index (χ3v) is 0. The van der Waals surface area contributed by atoms with E-state index in [2.05, 4.69) is 6.92 Å². The molecule has 0 N–H and O–H groups in total. The van der Waals surface area contributed by atoms with E-state index in [-0.39, 0.29) is 46.8 Å². The molecule has 0 aliphatic rings. The van der Waals surface area contributed by atoms with Crippen molar-refractivity contribution in [2.45, 2.75) is 6.92 Å². The molecule has 0 aromatic rings. The summed E-state index contributed by atoms with van der Waals surface area (Å²) in [4.78, 5) is 0. The first kappa shape index (κ1) is 17.7. The minimum Gasteiger partial charge on any atom is -0.346 e. The van der Waals surface area contributed by atoms with Crippen LogP contribution in [0.4, 0.5) is 0 Å². The molecule has 0 amide bonds. The van der Waals surface area contributed by atoms with Crippen molar-refractivity contribution in [2.24, 2.45) is 0 Å². The van der Waals surface area contributed by atoms with Crippen LogP contribution in [0.25, 0.3) is 0 Å². The molecule has 0 aliphatic heterocycles. The molecule has 0 nitrogen and oxygen atoms in total. The zero-order valence-electron chi connectivity index (χ0n) is 3.12. The molecule has 0 aromatic carbocycles. The Morgan fingerprint density at radius 2 is 1.25 bits per heavy atom. The van der Waals surface area contributed by atoms with Crippen molar-refractivity contribution in [1.29, 1.82) is 0 Å². The van der Waals surface area contributed by atoms with Crippen LogP contribution in [0.5, 0.6) is 0 Å². The average molecular weight is 207 g/mol. The predicted octanol–water partition coefficient (Wildman–Crippen LogP) is 0.835. The van der Waals surface area contributed by atoms with Gasteiger partial charge in [0.2, 0.25) is 0 Å². The van der Waals surface area contributed by atoms with E-state index in [0.29, 0.717) is 0 Å². The van der Waals surface area contributed by atoms with Gasteiger partial charge in [0.05, 0.1) is 0 Å². The first-order valence-electron chi connectivity index (χ1n) is 0.707. The predicted molar refractivity (Wildman–Crippen MR) is 11.0 cm³/mol. The van der Waals surface area contributed by atoms with Gasteiger partial charge in [0.1, 0.15) is 0 Å². The molecule has 18 valence electrons. The average Bonchev–Trinajstić information content (AvgIpc) is 1.00. The summed E-state index contributed by atoms with van der Waals surface area (Å²) in [6, 6.07) is 0. The summed E-state index contributed by atoms with van der Waals surface area (Å²) in [5.41, 5.74) is 0. The topological polar surface area (TPSA) is 0 Å². The maximum absolute atomic E-state index is 3.25. The third kappa shape index (κ3) is 9.62. The van der Waals surface area contributed by atoms with Gasteiger partial charge in [0.25, 0.3) is 0 Å². The number of rotatable bonds is 0. The summed E-state index contributed by atoms with van der Waals surface area (Å²) in [5, 5.41) is 0. The van der Waals surface area contributed by atoms with E-state index in [9.17, 15) is 0 Å². The van der Waals surface area contributed by atoms with E-state index in [1.807, 2.05) is 0 Å². The van der Waals surface area contributed by atoms with Crippen LogP contribution in [-0.2, 0) is 46.8 Å².